The zero-order chi connectivity index (χ0) is 15.5. The Balaban J connectivity index is 2.23. The van der Waals surface area contributed by atoms with Crippen LogP contribution >= 0.6 is 11.6 Å². The summed E-state index contributed by atoms with van der Waals surface area (Å²) >= 11 is 5.82. The number of amides is 2. The number of nitrogens with one attached hydrogen (secondary N) is 1. The van der Waals surface area contributed by atoms with E-state index < -0.39 is 15.8 Å². The average molecular weight is 324 g/mol. The number of halogens is 1. The molecule has 2 rings (SSSR count). The maximum atomic E-state index is 12.5. The maximum Gasteiger partial charge on any atom is 0.353 e. The van der Waals surface area contributed by atoms with E-state index in [0.717, 1.165) is 0 Å². The lowest BCUT2D eigenvalue weighted by Crippen LogP contribution is -2.10. The van der Waals surface area contributed by atoms with Crippen molar-refractivity contribution in [2.24, 2.45) is 4.36 Å². The van der Waals surface area contributed by atoms with Crippen LogP contribution in [0.5, 0.6) is 0 Å². The molecule has 0 saturated heterocycles. The van der Waals surface area contributed by atoms with Crippen LogP contribution in [0.3, 0.4) is 0 Å². The third-order valence-electron chi connectivity index (χ3n) is 2.65. The highest BCUT2D eigenvalue weighted by atomic mass is 35.5. The molecule has 0 radical (unpaired) electrons. The highest BCUT2D eigenvalue weighted by Gasteiger charge is 2.09. The largest absolute Gasteiger partial charge is 0.399 e. The van der Waals surface area contributed by atoms with Gasteiger partial charge in [-0.15, -0.1) is 4.36 Å². The minimum absolute atomic E-state index is 0.443. The van der Waals surface area contributed by atoms with E-state index in [4.69, 9.17) is 17.3 Å². The van der Waals surface area contributed by atoms with E-state index in [1.807, 2.05) is 0 Å². The Labute approximate surface area is 128 Å². The Kier molecular flexibility index (Phi) is 4.50. The van der Waals surface area contributed by atoms with Crippen molar-refractivity contribution < 1.29 is 9.00 Å². The van der Waals surface area contributed by atoms with Gasteiger partial charge in [0.15, 0.2) is 0 Å². The topological polar surface area (TPSA) is 84.5 Å². The molecule has 0 aliphatic carbocycles. The number of benzene rings is 2. The first-order valence-electron chi connectivity index (χ1n) is 6.01. The first kappa shape index (κ1) is 15.3. The molecule has 0 heterocycles. The van der Waals surface area contributed by atoms with E-state index in [9.17, 15) is 9.00 Å². The third-order valence-corrected chi connectivity index (χ3v) is 4.55. The van der Waals surface area contributed by atoms with Gasteiger partial charge in [-0.3, -0.25) is 0 Å². The van der Waals surface area contributed by atoms with Gasteiger partial charge in [0.25, 0.3) is 0 Å². The van der Waals surface area contributed by atoms with Crippen LogP contribution in [0.4, 0.5) is 16.2 Å². The Morgan fingerprint density at radius 2 is 1.90 bits per heavy atom. The summed E-state index contributed by atoms with van der Waals surface area (Å²) in [6.45, 7) is 0. The second-order valence-corrected chi connectivity index (χ2v) is 7.10. The smallest absolute Gasteiger partial charge is 0.353 e. The summed E-state index contributed by atoms with van der Waals surface area (Å²) < 4.78 is 16.2. The Bertz CT molecular complexity index is 781. The van der Waals surface area contributed by atoms with Crippen LogP contribution in [0.25, 0.3) is 0 Å². The summed E-state index contributed by atoms with van der Waals surface area (Å²) in [4.78, 5) is 12.3. The van der Waals surface area contributed by atoms with Crippen molar-refractivity contribution in [2.75, 3.05) is 17.3 Å². The summed E-state index contributed by atoms with van der Waals surface area (Å²) in [5.74, 6) is 0. The minimum atomic E-state index is -2.83. The number of urea groups is 1. The molecule has 21 heavy (non-hydrogen) atoms. The van der Waals surface area contributed by atoms with Crippen molar-refractivity contribution in [2.45, 2.75) is 4.90 Å². The molecule has 1 atom stereocenters. The molecule has 1 unspecified atom stereocenters. The van der Waals surface area contributed by atoms with Crippen molar-refractivity contribution >= 4 is 38.7 Å². The van der Waals surface area contributed by atoms with Crippen LogP contribution in [0.15, 0.2) is 57.8 Å². The molecule has 0 spiro atoms. The number of rotatable bonds is 2. The first-order chi connectivity index (χ1) is 9.87. The van der Waals surface area contributed by atoms with Gasteiger partial charge in [-0.05, 0) is 42.5 Å². The lowest BCUT2D eigenvalue weighted by molar-refractivity contribution is 0.260. The lowest BCUT2D eigenvalue weighted by Gasteiger charge is -2.06. The first-order valence-corrected chi connectivity index (χ1v) is 8.31. The minimum Gasteiger partial charge on any atom is -0.399 e. The van der Waals surface area contributed by atoms with Gasteiger partial charge >= 0.3 is 6.03 Å². The summed E-state index contributed by atoms with van der Waals surface area (Å²) in [6, 6.07) is 12.3. The molecule has 3 N–H and O–H groups in total. The van der Waals surface area contributed by atoms with Gasteiger partial charge in [0.05, 0.1) is 9.73 Å². The standard InChI is InChI=1S/C14H14ClN3O2S/c1-21(20,13-7-5-11(16)6-8-13)18-14(19)17-12-4-2-3-10(15)9-12/h2-9H,16H2,1H3,(H,17,19). The van der Waals surface area contributed by atoms with Gasteiger partial charge in [-0.2, -0.15) is 0 Å². The molecule has 5 nitrogen and oxygen atoms in total. The van der Waals surface area contributed by atoms with Crippen LogP contribution < -0.4 is 11.1 Å². The summed E-state index contributed by atoms with van der Waals surface area (Å²) in [5, 5.41) is 3.02. The molecule has 7 heteroatoms. The maximum absolute atomic E-state index is 12.5. The fourth-order valence-corrected chi connectivity index (χ4v) is 2.94. The molecular weight excluding hydrogens is 310 g/mol. The van der Waals surface area contributed by atoms with Gasteiger partial charge in [0.1, 0.15) is 0 Å². The summed E-state index contributed by atoms with van der Waals surface area (Å²) in [6.07, 6.45) is 1.40. The van der Waals surface area contributed by atoms with Crippen LogP contribution in [0.2, 0.25) is 5.02 Å². The molecule has 0 bridgehead atoms. The zero-order valence-corrected chi connectivity index (χ0v) is 12.8. The molecule has 110 valence electrons. The number of nitrogens with zero attached hydrogens (tertiary/aromatic N) is 1. The van der Waals surface area contributed by atoms with Crippen LogP contribution in [-0.4, -0.2) is 16.5 Å². The molecule has 2 aromatic rings. The van der Waals surface area contributed by atoms with Crippen molar-refractivity contribution in [3.63, 3.8) is 0 Å². The van der Waals surface area contributed by atoms with E-state index in [-0.39, 0.29) is 0 Å². The number of hydrogen-bond acceptors (Lipinski definition) is 3. The fraction of sp³-hybridized carbons (Fsp3) is 0.0714. The van der Waals surface area contributed by atoms with E-state index >= 15 is 0 Å². The van der Waals surface area contributed by atoms with Gasteiger partial charge in [-0.1, -0.05) is 17.7 Å². The van der Waals surface area contributed by atoms with Crippen molar-refractivity contribution in [3.8, 4) is 0 Å². The summed E-state index contributed by atoms with van der Waals surface area (Å²) in [5.41, 5.74) is 6.62. The number of nitrogen functional groups attached to an aromatic ring is 1. The average Bonchev–Trinajstić information content (AvgIpc) is 2.38. The third kappa shape index (κ3) is 4.21. The SMILES string of the molecule is CS(=O)(=NC(=O)Nc1cccc(Cl)c1)c1ccc(N)cc1. The monoisotopic (exact) mass is 323 g/mol. The lowest BCUT2D eigenvalue weighted by atomic mass is 10.3. The molecule has 0 fully saturated rings. The molecule has 0 saturated carbocycles. The van der Waals surface area contributed by atoms with Crippen LogP contribution in [-0.2, 0) is 9.73 Å². The molecular formula is C14H14ClN3O2S. The highest BCUT2D eigenvalue weighted by molar-refractivity contribution is 7.93. The quantitative estimate of drug-likeness (QED) is 0.828. The fourth-order valence-electron chi connectivity index (χ4n) is 1.64. The number of hydrogen-bond donors (Lipinski definition) is 2. The van der Waals surface area contributed by atoms with Crippen molar-refractivity contribution in [1.82, 2.24) is 0 Å². The number of nitrogens with two attached hydrogens (primary N) is 1. The van der Waals surface area contributed by atoms with Crippen LogP contribution in [0, 0.1) is 0 Å². The number of carbonyl (C=O) groups excluding carboxylic acids is 1. The molecule has 2 amide bonds. The molecule has 0 aromatic heterocycles. The predicted molar refractivity (Wildman–Crippen MR) is 86.1 cm³/mol. The zero-order valence-electron chi connectivity index (χ0n) is 11.2. The van der Waals surface area contributed by atoms with Crippen molar-refractivity contribution in [1.29, 1.82) is 0 Å². The van der Waals surface area contributed by atoms with E-state index in [1.165, 1.54) is 6.26 Å². The van der Waals surface area contributed by atoms with E-state index in [1.54, 1.807) is 48.5 Å². The Hall–Kier alpha value is -2.05. The molecule has 0 aliphatic rings. The van der Waals surface area contributed by atoms with Crippen LogP contribution in [0.1, 0.15) is 0 Å². The van der Waals surface area contributed by atoms with Gasteiger partial charge in [0, 0.05) is 27.5 Å². The van der Waals surface area contributed by atoms with Gasteiger partial charge in [0.2, 0.25) is 0 Å². The van der Waals surface area contributed by atoms with Gasteiger partial charge in [-0.25, -0.2) is 9.00 Å². The highest BCUT2D eigenvalue weighted by Crippen LogP contribution is 2.17. The molecule has 2 aromatic carbocycles. The Morgan fingerprint density at radius 3 is 2.52 bits per heavy atom. The van der Waals surface area contributed by atoms with Crippen molar-refractivity contribution in [3.05, 3.63) is 53.6 Å². The number of anilines is 2. The van der Waals surface area contributed by atoms with Gasteiger partial charge < -0.3 is 11.1 Å². The number of carbonyl (C=O) groups is 1. The second-order valence-electron chi connectivity index (χ2n) is 4.40. The summed E-state index contributed by atoms with van der Waals surface area (Å²) in [7, 11) is -2.83. The molecule has 0 aliphatic heterocycles. The predicted octanol–water partition coefficient (Wildman–Crippen LogP) is 3.61. The van der Waals surface area contributed by atoms with E-state index in [0.29, 0.717) is 21.3 Å². The van der Waals surface area contributed by atoms with E-state index in [2.05, 4.69) is 9.68 Å². The Morgan fingerprint density at radius 1 is 1.24 bits per heavy atom. The second kappa shape index (κ2) is 6.15. The normalized spacial score (nSPS) is 13.2.